The summed E-state index contributed by atoms with van der Waals surface area (Å²) in [6.07, 6.45) is 1.10. The van der Waals surface area contributed by atoms with E-state index in [-0.39, 0.29) is 12.0 Å². The summed E-state index contributed by atoms with van der Waals surface area (Å²) in [7, 11) is 1.70. The molecular weight excluding hydrogens is 164 g/mol. The molecule has 1 aliphatic heterocycles. The van der Waals surface area contributed by atoms with Crippen LogP contribution in [0.4, 0.5) is 0 Å². The molecule has 1 saturated heterocycles. The molecule has 0 bridgehead atoms. The highest BCUT2D eigenvalue weighted by Crippen LogP contribution is 2.25. The quantitative estimate of drug-likeness (QED) is 0.639. The van der Waals surface area contributed by atoms with Crippen molar-refractivity contribution in [2.45, 2.75) is 12.5 Å². The number of rotatable bonds is 2. The Bertz CT molecular complexity index is 147. The zero-order valence-corrected chi connectivity index (χ0v) is 7.43. The Morgan fingerprint density at radius 2 is 2.45 bits per heavy atom. The number of methoxy groups -OCH3 is 1. The predicted octanol–water partition coefficient (Wildman–Crippen LogP) is 1.79. The molecule has 0 unspecified atom stereocenters. The minimum absolute atomic E-state index is 0.162. The van der Waals surface area contributed by atoms with Gasteiger partial charge in [-0.1, -0.05) is 18.2 Å². The lowest BCUT2D eigenvalue weighted by Gasteiger charge is -2.29. The van der Waals surface area contributed by atoms with Gasteiger partial charge in [-0.05, 0) is 6.42 Å². The molecule has 64 valence electrons. The van der Waals surface area contributed by atoms with Gasteiger partial charge in [-0.3, -0.25) is 0 Å². The van der Waals surface area contributed by atoms with Crippen molar-refractivity contribution in [1.29, 1.82) is 0 Å². The van der Waals surface area contributed by atoms with Crippen LogP contribution in [0.2, 0.25) is 0 Å². The van der Waals surface area contributed by atoms with Crippen LogP contribution in [0.1, 0.15) is 6.42 Å². The van der Waals surface area contributed by atoms with Crippen LogP contribution in [0.25, 0.3) is 0 Å². The maximum Gasteiger partial charge on any atom is 0.0692 e. The van der Waals surface area contributed by atoms with Crippen molar-refractivity contribution in [3.05, 3.63) is 11.6 Å². The average molecular weight is 177 g/mol. The van der Waals surface area contributed by atoms with Crippen molar-refractivity contribution in [3.8, 4) is 0 Å². The monoisotopic (exact) mass is 176 g/mol. The highest BCUT2D eigenvalue weighted by atomic mass is 35.5. The zero-order valence-electron chi connectivity index (χ0n) is 6.68. The van der Waals surface area contributed by atoms with E-state index in [1.807, 2.05) is 0 Å². The third-order valence-corrected chi connectivity index (χ3v) is 2.28. The lowest BCUT2D eigenvalue weighted by molar-refractivity contribution is -0.0409. The summed E-state index contributed by atoms with van der Waals surface area (Å²) in [5, 5.41) is 0.636. The first-order valence-electron chi connectivity index (χ1n) is 3.70. The van der Waals surface area contributed by atoms with Gasteiger partial charge in [0.25, 0.3) is 0 Å². The van der Waals surface area contributed by atoms with Crippen LogP contribution in [0.3, 0.4) is 0 Å². The number of hydrogen-bond donors (Lipinski definition) is 0. The second-order valence-electron chi connectivity index (χ2n) is 2.69. The van der Waals surface area contributed by atoms with E-state index < -0.39 is 0 Å². The van der Waals surface area contributed by atoms with Gasteiger partial charge in [0.2, 0.25) is 0 Å². The lowest BCUT2D eigenvalue weighted by atomic mass is 9.99. The van der Waals surface area contributed by atoms with Crippen molar-refractivity contribution in [2.75, 3.05) is 20.3 Å². The molecule has 0 aromatic rings. The van der Waals surface area contributed by atoms with Crippen molar-refractivity contribution < 1.29 is 9.47 Å². The molecule has 0 radical (unpaired) electrons. The molecule has 3 heteroatoms. The maximum atomic E-state index is 5.78. The van der Waals surface area contributed by atoms with E-state index in [2.05, 4.69) is 6.58 Å². The summed E-state index contributed by atoms with van der Waals surface area (Å²) >= 11 is 5.78. The van der Waals surface area contributed by atoms with Gasteiger partial charge in [0, 0.05) is 24.7 Å². The van der Waals surface area contributed by atoms with Crippen LogP contribution in [0.15, 0.2) is 11.6 Å². The van der Waals surface area contributed by atoms with E-state index in [1.165, 1.54) is 0 Å². The molecular formula is C8H13ClO2. The van der Waals surface area contributed by atoms with Gasteiger partial charge < -0.3 is 9.47 Å². The van der Waals surface area contributed by atoms with E-state index >= 15 is 0 Å². The van der Waals surface area contributed by atoms with E-state index in [1.54, 1.807) is 7.11 Å². The van der Waals surface area contributed by atoms with Gasteiger partial charge in [-0.15, -0.1) is 0 Å². The second-order valence-corrected chi connectivity index (χ2v) is 3.18. The van der Waals surface area contributed by atoms with Gasteiger partial charge in [-0.25, -0.2) is 0 Å². The van der Waals surface area contributed by atoms with Crippen molar-refractivity contribution in [2.24, 2.45) is 5.92 Å². The van der Waals surface area contributed by atoms with Crippen molar-refractivity contribution in [1.82, 2.24) is 0 Å². The van der Waals surface area contributed by atoms with E-state index in [0.717, 1.165) is 13.0 Å². The SMILES string of the molecule is C=C(Cl)[C@@H]1COCC[C@@H]1OC. The Morgan fingerprint density at radius 3 is 2.91 bits per heavy atom. The molecule has 0 amide bonds. The van der Waals surface area contributed by atoms with Crippen LogP contribution in [0.5, 0.6) is 0 Å². The molecule has 0 aromatic heterocycles. The Morgan fingerprint density at radius 1 is 1.73 bits per heavy atom. The normalized spacial score (nSPS) is 31.8. The fourth-order valence-electron chi connectivity index (χ4n) is 1.29. The summed E-state index contributed by atoms with van der Waals surface area (Å²) in [6.45, 7) is 5.09. The summed E-state index contributed by atoms with van der Waals surface area (Å²) in [5.74, 6) is 0.162. The first-order valence-corrected chi connectivity index (χ1v) is 4.08. The summed E-state index contributed by atoms with van der Waals surface area (Å²) in [4.78, 5) is 0. The summed E-state index contributed by atoms with van der Waals surface area (Å²) < 4.78 is 10.5. The fraction of sp³-hybridized carbons (Fsp3) is 0.750. The number of hydrogen-bond acceptors (Lipinski definition) is 2. The first-order chi connectivity index (χ1) is 5.25. The molecule has 2 atom stereocenters. The molecule has 1 aliphatic rings. The molecule has 0 spiro atoms. The second kappa shape index (κ2) is 4.10. The minimum atomic E-state index is 0.162. The van der Waals surface area contributed by atoms with Gasteiger partial charge in [0.1, 0.15) is 0 Å². The Labute approximate surface area is 72.1 Å². The van der Waals surface area contributed by atoms with E-state index in [9.17, 15) is 0 Å². The number of ether oxygens (including phenoxy) is 2. The standard InChI is InChI=1S/C8H13ClO2/c1-6(9)7-5-11-4-3-8(7)10-2/h7-8H,1,3-5H2,2H3/t7-,8-/m0/s1. The Hall–Kier alpha value is -0.0500. The highest BCUT2D eigenvalue weighted by molar-refractivity contribution is 6.29. The topological polar surface area (TPSA) is 18.5 Å². The Kier molecular flexibility index (Phi) is 3.37. The largest absolute Gasteiger partial charge is 0.381 e. The van der Waals surface area contributed by atoms with Crippen molar-refractivity contribution in [3.63, 3.8) is 0 Å². The molecule has 0 aromatic carbocycles. The third-order valence-electron chi connectivity index (χ3n) is 2.00. The minimum Gasteiger partial charge on any atom is -0.381 e. The first kappa shape index (κ1) is 9.04. The van der Waals surface area contributed by atoms with E-state index in [0.29, 0.717) is 11.6 Å². The molecule has 2 nitrogen and oxygen atoms in total. The van der Waals surface area contributed by atoms with Gasteiger partial charge in [-0.2, -0.15) is 0 Å². The summed E-state index contributed by atoms with van der Waals surface area (Å²) in [6, 6.07) is 0. The Balaban J connectivity index is 2.51. The molecule has 11 heavy (non-hydrogen) atoms. The number of halogens is 1. The van der Waals surface area contributed by atoms with Crippen LogP contribution in [-0.4, -0.2) is 26.4 Å². The predicted molar refractivity (Wildman–Crippen MR) is 44.7 cm³/mol. The molecule has 0 aliphatic carbocycles. The van der Waals surface area contributed by atoms with Crippen molar-refractivity contribution >= 4 is 11.6 Å². The van der Waals surface area contributed by atoms with Crippen LogP contribution >= 0.6 is 11.6 Å². The van der Waals surface area contributed by atoms with Gasteiger partial charge >= 0.3 is 0 Å². The van der Waals surface area contributed by atoms with Crippen LogP contribution in [-0.2, 0) is 9.47 Å². The van der Waals surface area contributed by atoms with Crippen LogP contribution < -0.4 is 0 Å². The van der Waals surface area contributed by atoms with E-state index in [4.69, 9.17) is 21.1 Å². The highest BCUT2D eigenvalue weighted by Gasteiger charge is 2.26. The molecule has 0 saturated carbocycles. The molecule has 1 fully saturated rings. The lowest BCUT2D eigenvalue weighted by Crippen LogP contribution is -2.33. The summed E-state index contributed by atoms with van der Waals surface area (Å²) in [5.41, 5.74) is 0. The smallest absolute Gasteiger partial charge is 0.0692 e. The fourth-order valence-corrected chi connectivity index (χ4v) is 1.50. The maximum absolute atomic E-state index is 5.78. The average Bonchev–Trinajstić information content (AvgIpc) is 2.04. The molecule has 1 heterocycles. The van der Waals surface area contributed by atoms with Gasteiger partial charge in [0.15, 0.2) is 0 Å². The van der Waals surface area contributed by atoms with Crippen LogP contribution in [0, 0.1) is 5.92 Å². The molecule has 1 rings (SSSR count). The van der Waals surface area contributed by atoms with Gasteiger partial charge in [0.05, 0.1) is 12.7 Å². The zero-order chi connectivity index (χ0) is 8.27. The molecule has 0 N–H and O–H groups in total. The third kappa shape index (κ3) is 2.19.